The summed E-state index contributed by atoms with van der Waals surface area (Å²) in [5.74, 6) is 0.407. The van der Waals surface area contributed by atoms with Crippen LogP contribution in [0.4, 0.5) is 0 Å². The highest BCUT2D eigenvalue weighted by atomic mass is 35.5. The molecule has 1 aliphatic rings. The van der Waals surface area contributed by atoms with Crippen LogP contribution in [0, 0.1) is 0 Å². The summed E-state index contributed by atoms with van der Waals surface area (Å²) in [6, 6.07) is 8.37. The van der Waals surface area contributed by atoms with Gasteiger partial charge in [-0.3, -0.25) is 4.79 Å². The van der Waals surface area contributed by atoms with Crippen LogP contribution in [0.15, 0.2) is 24.3 Å². The van der Waals surface area contributed by atoms with E-state index in [1.807, 2.05) is 24.3 Å². The molecule has 0 radical (unpaired) electrons. The first kappa shape index (κ1) is 11.6. The molecule has 2 rings (SSSR count). The molecule has 1 aliphatic carbocycles. The first-order valence-corrected chi connectivity index (χ1v) is 6.11. The minimum Gasteiger partial charge on any atom is -0.310 e. The summed E-state index contributed by atoms with van der Waals surface area (Å²) in [6.45, 7) is 0.857. The number of carbonyl (C=O) groups excluding carboxylic acids is 1. The predicted octanol–water partition coefficient (Wildman–Crippen LogP) is 2.94. The Kier molecular flexibility index (Phi) is 3.97. The number of halogens is 1. The summed E-state index contributed by atoms with van der Waals surface area (Å²) in [4.78, 5) is 11.1. The highest BCUT2D eigenvalue weighted by Crippen LogP contribution is 2.16. The molecule has 1 N–H and O–H groups in total. The van der Waals surface area contributed by atoms with E-state index in [1.165, 1.54) is 5.56 Å². The summed E-state index contributed by atoms with van der Waals surface area (Å²) in [5, 5.41) is 4.25. The highest BCUT2D eigenvalue weighted by Gasteiger charge is 2.17. The number of hydrogen-bond acceptors (Lipinski definition) is 2. The lowest BCUT2D eigenvalue weighted by atomic mass is 9.94. The third-order valence-corrected chi connectivity index (χ3v) is 3.30. The lowest BCUT2D eigenvalue weighted by Crippen LogP contribution is -2.32. The summed E-state index contributed by atoms with van der Waals surface area (Å²) < 4.78 is 0. The molecule has 0 saturated heterocycles. The van der Waals surface area contributed by atoms with Crippen molar-refractivity contribution in [1.29, 1.82) is 0 Å². The van der Waals surface area contributed by atoms with Crippen LogP contribution in [-0.2, 0) is 11.3 Å². The van der Waals surface area contributed by atoms with Gasteiger partial charge in [-0.05, 0) is 30.5 Å². The minimum absolute atomic E-state index is 0.407. The highest BCUT2D eigenvalue weighted by molar-refractivity contribution is 6.30. The van der Waals surface area contributed by atoms with E-state index in [0.29, 0.717) is 11.8 Å². The topological polar surface area (TPSA) is 29.1 Å². The minimum atomic E-state index is 0.407. The molecule has 0 aliphatic heterocycles. The molecule has 0 unspecified atom stereocenters. The molecule has 0 amide bonds. The third-order valence-electron chi connectivity index (χ3n) is 3.05. The Hall–Kier alpha value is -0.860. The lowest BCUT2D eigenvalue weighted by Gasteiger charge is -2.22. The van der Waals surface area contributed by atoms with E-state index in [1.54, 1.807) is 0 Å². The fraction of sp³-hybridized carbons (Fsp3) is 0.462. The Bertz CT molecular complexity index is 351. The Morgan fingerprint density at radius 2 is 1.81 bits per heavy atom. The van der Waals surface area contributed by atoms with Crippen molar-refractivity contribution in [2.24, 2.45) is 0 Å². The van der Waals surface area contributed by atoms with E-state index in [4.69, 9.17) is 11.6 Å². The van der Waals surface area contributed by atoms with E-state index in [2.05, 4.69) is 5.32 Å². The largest absolute Gasteiger partial charge is 0.310 e. The first-order chi connectivity index (χ1) is 7.74. The second kappa shape index (κ2) is 5.46. The maximum atomic E-state index is 11.1. The fourth-order valence-corrected chi connectivity index (χ4v) is 2.13. The smallest absolute Gasteiger partial charge is 0.133 e. The quantitative estimate of drug-likeness (QED) is 0.876. The molecule has 1 fully saturated rings. The SMILES string of the molecule is O=C1CCC(NCc2ccc(Cl)cc2)CC1. The Labute approximate surface area is 101 Å². The molecule has 1 aromatic rings. The van der Waals surface area contributed by atoms with Gasteiger partial charge >= 0.3 is 0 Å². The number of nitrogens with one attached hydrogen (secondary N) is 1. The van der Waals surface area contributed by atoms with E-state index in [0.717, 1.165) is 37.3 Å². The van der Waals surface area contributed by atoms with Crippen LogP contribution in [0.2, 0.25) is 5.02 Å². The van der Waals surface area contributed by atoms with E-state index < -0.39 is 0 Å². The summed E-state index contributed by atoms with van der Waals surface area (Å²) >= 11 is 5.82. The van der Waals surface area contributed by atoms with Crippen LogP contribution in [-0.4, -0.2) is 11.8 Å². The predicted molar refractivity (Wildman–Crippen MR) is 65.6 cm³/mol. The molecule has 86 valence electrons. The molecule has 0 atom stereocenters. The normalized spacial score (nSPS) is 17.7. The summed E-state index contributed by atoms with van der Waals surface area (Å²) in [7, 11) is 0. The lowest BCUT2D eigenvalue weighted by molar-refractivity contribution is -0.120. The van der Waals surface area contributed by atoms with Crippen molar-refractivity contribution < 1.29 is 4.79 Å². The molecular weight excluding hydrogens is 222 g/mol. The number of rotatable bonds is 3. The number of hydrogen-bond donors (Lipinski definition) is 1. The molecule has 16 heavy (non-hydrogen) atoms. The molecule has 0 spiro atoms. The molecule has 0 aromatic heterocycles. The van der Waals surface area contributed by atoms with Gasteiger partial charge in [-0.25, -0.2) is 0 Å². The second-order valence-corrected chi connectivity index (χ2v) is 4.76. The zero-order valence-electron chi connectivity index (χ0n) is 9.21. The molecule has 1 aromatic carbocycles. The summed E-state index contributed by atoms with van der Waals surface area (Å²) in [6.07, 6.45) is 3.43. The van der Waals surface area contributed by atoms with E-state index in [9.17, 15) is 4.79 Å². The van der Waals surface area contributed by atoms with E-state index in [-0.39, 0.29) is 0 Å². The zero-order valence-corrected chi connectivity index (χ0v) is 9.96. The van der Waals surface area contributed by atoms with Gasteiger partial charge in [0.25, 0.3) is 0 Å². The standard InChI is InChI=1S/C13H16ClNO/c14-11-3-1-10(2-4-11)9-15-12-5-7-13(16)8-6-12/h1-4,12,15H,5-9H2. The zero-order chi connectivity index (χ0) is 11.4. The molecule has 2 nitrogen and oxygen atoms in total. The molecule has 3 heteroatoms. The van der Waals surface area contributed by atoms with Gasteiger partial charge in [-0.1, -0.05) is 23.7 Å². The summed E-state index contributed by atoms with van der Waals surface area (Å²) in [5.41, 5.74) is 1.24. The number of benzene rings is 1. The first-order valence-electron chi connectivity index (χ1n) is 5.73. The maximum Gasteiger partial charge on any atom is 0.133 e. The van der Waals surface area contributed by atoms with Crippen molar-refractivity contribution in [3.05, 3.63) is 34.9 Å². The number of Topliss-reactive ketones (excluding diaryl/α,β-unsaturated/α-hetero) is 1. The van der Waals surface area contributed by atoms with Gasteiger partial charge in [-0.2, -0.15) is 0 Å². The van der Waals surface area contributed by atoms with Crippen molar-refractivity contribution in [2.45, 2.75) is 38.3 Å². The average molecular weight is 238 g/mol. The van der Waals surface area contributed by atoms with Crippen molar-refractivity contribution in [1.82, 2.24) is 5.32 Å². The van der Waals surface area contributed by atoms with E-state index >= 15 is 0 Å². The fourth-order valence-electron chi connectivity index (χ4n) is 2.01. The molecular formula is C13H16ClNO. The van der Waals surface area contributed by atoms with Crippen molar-refractivity contribution in [2.75, 3.05) is 0 Å². The van der Waals surface area contributed by atoms with Crippen LogP contribution >= 0.6 is 11.6 Å². The molecule has 0 bridgehead atoms. The Balaban J connectivity index is 1.79. The van der Waals surface area contributed by atoms with Gasteiger partial charge in [0.2, 0.25) is 0 Å². The van der Waals surface area contributed by atoms with Gasteiger partial charge in [0.1, 0.15) is 5.78 Å². The maximum absolute atomic E-state index is 11.1. The Morgan fingerprint density at radius 3 is 2.44 bits per heavy atom. The number of ketones is 1. The van der Waals surface area contributed by atoms with Gasteiger partial charge in [0.05, 0.1) is 0 Å². The molecule has 0 heterocycles. The van der Waals surface area contributed by atoms with Gasteiger partial charge < -0.3 is 5.32 Å². The van der Waals surface area contributed by atoms with Crippen molar-refractivity contribution >= 4 is 17.4 Å². The van der Waals surface area contributed by atoms with Gasteiger partial charge in [-0.15, -0.1) is 0 Å². The second-order valence-electron chi connectivity index (χ2n) is 4.32. The van der Waals surface area contributed by atoms with Crippen molar-refractivity contribution in [3.8, 4) is 0 Å². The monoisotopic (exact) mass is 237 g/mol. The van der Waals surface area contributed by atoms with Crippen LogP contribution in [0.5, 0.6) is 0 Å². The number of carbonyl (C=O) groups is 1. The third kappa shape index (κ3) is 3.32. The van der Waals surface area contributed by atoms with Gasteiger partial charge in [0, 0.05) is 30.5 Å². The molecule has 1 saturated carbocycles. The Morgan fingerprint density at radius 1 is 1.19 bits per heavy atom. The van der Waals surface area contributed by atoms with Crippen LogP contribution < -0.4 is 5.32 Å². The van der Waals surface area contributed by atoms with Gasteiger partial charge in [0.15, 0.2) is 0 Å². The van der Waals surface area contributed by atoms with Crippen LogP contribution in [0.1, 0.15) is 31.2 Å². The van der Waals surface area contributed by atoms with Crippen LogP contribution in [0.25, 0.3) is 0 Å². The average Bonchev–Trinajstić information content (AvgIpc) is 2.30. The van der Waals surface area contributed by atoms with Crippen LogP contribution in [0.3, 0.4) is 0 Å². The van der Waals surface area contributed by atoms with Crippen molar-refractivity contribution in [3.63, 3.8) is 0 Å².